The van der Waals surface area contributed by atoms with Crippen molar-refractivity contribution in [1.82, 2.24) is 4.90 Å². The first kappa shape index (κ1) is 15.9. The maximum absolute atomic E-state index is 13.6. The van der Waals surface area contributed by atoms with Gasteiger partial charge in [-0.3, -0.25) is 0 Å². The van der Waals surface area contributed by atoms with E-state index >= 15 is 0 Å². The Labute approximate surface area is 115 Å². The van der Waals surface area contributed by atoms with Crippen LogP contribution in [0.2, 0.25) is 0 Å². The van der Waals surface area contributed by atoms with Gasteiger partial charge in [-0.15, -0.1) is 0 Å². The number of rotatable bonds is 4. The molecule has 0 radical (unpaired) electrons. The molecule has 0 aliphatic carbocycles. The first-order valence-corrected chi connectivity index (χ1v) is 5.87. The van der Waals surface area contributed by atoms with Crippen molar-refractivity contribution in [2.75, 3.05) is 19.0 Å². The van der Waals surface area contributed by atoms with Gasteiger partial charge in [0.25, 0.3) is 0 Å². The van der Waals surface area contributed by atoms with Crippen LogP contribution in [-0.4, -0.2) is 46.3 Å². The monoisotopic (exact) mass is 284 g/mol. The molecule has 0 heterocycles. The van der Waals surface area contributed by atoms with Crippen molar-refractivity contribution in [2.45, 2.75) is 19.4 Å². The van der Waals surface area contributed by atoms with Crippen molar-refractivity contribution in [3.63, 3.8) is 0 Å². The smallest absolute Gasteiger partial charge is 0.335 e. The first-order chi connectivity index (χ1) is 9.19. The maximum atomic E-state index is 13.6. The molecule has 1 rings (SSSR count). The summed E-state index contributed by atoms with van der Waals surface area (Å²) in [5.74, 6) is -1.96. The summed E-state index contributed by atoms with van der Waals surface area (Å²) in [6.07, 6.45) is 0. The Bertz CT molecular complexity index is 531. The lowest BCUT2D eigenvalue weighted by atomic mass is 10.1. The van der Waals surface area contributed by atoms with E-state index in [1.807, 2.05) is 0 Å². The normalized spacial score (nSPS) is 11.1. The Kier molecular flexibility index (Phi) is 4.67. The van der Waals surface area contributed by atoms with E-state index in [9.17, 15) is 19.1 Å². The van der Waals surface area contributed by atoms with Crippen molar-refractivity contribution in [3.8, 4) is 0 Å². The number of likely N-dealkylation sites (N-methyl/N-ethyl adjacent to an activating group) is 1. The number of halogens is 1. The fourth-order valence-corrected chi connectivity index (χ4v) is 1.33. The molecule has 0 aliphatic rings. The molecule has 1 aromatic carbocycles. The Morgan fingerprint density at radius 2 is 2.00 bits per heavy atom. The number of carboxylic acid groups (broad SMARTS) is 1. The number of nitrogens with one attached hydrogen (secondary N) is 1. The average molecular weight is 284 g/mol. The van der Waals surface area contributed by atoms with Crippen LogP contribution < -0.4 is 5.32 Å². The molecular formula is C13H17FN2O4. The topological polar surface area (TPSA) is 89.9 Å². The molecule has 0 atom stereocenters. The molecule has 0 fully saturated rings. The van der Waals surface area contributed by atoms with Crippen LogP contribution in [0, 0.1) is 5.82 Å². The van der Waals surface area contributed by atoms with E-state index in [2.05, 4.69) is 5.32 Å². The van der Waals surface area contributed by atoms with Crippen molar-refractivity contribution in [1.29, 1.82) is 0 Å². The van der Waals surface area contributed by atoms with Crippen molar-refractivity contribution in [2.24, 2.45) is 0 Å². The molecule has 0 aromatic heterocycles. The third-order valence-electron chi connectivity index (χ3n) is 3.05. The number of carbonyl (C=O) groups excluding carboxylic acids is 1. The minimum absolute atomic E-state index is 0.134. The van der Waals surface area contributed by atoms with E-state index < -0.39 is 23.4 Å². The number of carbonyl (C=O) groups is 2. The van der Waals surface area contributed by atoms with Gasteiger partial charge >= 0.3 is 12.0 Å². The highest BCUT2D eigenvalue weighted by Gasteiger charge is 2.27. The Hall–Kier alpha value is -2.15. The molecule has 3 N–H and O–H groups in total. The minimum Gasteiger partial charge on any atom is -0.478 e. The Morgan fingerprint density at radius 1 is 1.40 bits per heavy atom. The average Bonchev–Trinajstić information content (AvgIpc) is 2.39. The van der Waals surface area contributed by atoms with Crippen LogP contribution in [0.15, 0.2) is 18.2 Å². The molecule has 0 saturated heterocycles. The van der Waals surface area contributed by atoms with Crippen LogP contribution in [0.5, 0.6) is 0 Å². The van der Waals surface area contributed by atoms with Gasteiger partial charge in [0.1, 0.15) is 5.82 Å². The summed E-state index contributed by atoms with van der Waals surface area (Å²) in [5, 5.41) is 20.3. The number of anilines is 1. The molecule has 0 unspecified atom stereocenters. The van der Waals surface area contributed by atoms with Crippen molar-refractivity contribution in [3.05, 3.63) is 29.6 Å². The number of carboxylic acids is 1. The number of aromatic carboxylic acids is 1. The van der Waals surface area contributed by atoms with Crippen LogP contribution in [0.25, 0.3) is 0 Å². The van der Waals surface area contributed by atoms with E-state index in [-0.39, 0.29) is 17.9 Å². The van der Waals surface area contributed by atoms with Gasteiger partial charge in [0.15, 0.2) is 0 Å². The highest BCUT2D eigenvalue weighted by Crippen LogP contribution is 2.19. The fraction of sp³-hybridized carbons (Fsp3) is 0.385. The third-order valence-corrected chi connectivity index (χ3v) is 3.05. The first-order valence-electron chi connectivity index (χ1n) is 5.87. The van der Waals surface area contributed by atoms with E-state index in [0.29, 0.717) is 0 Å². The highest BCUT2D eigenvalue weighted by atomic mass is 19.1. The second-order valence-electron chi connectivity index (χ2n) is 4.96. The van der Waals surface area contributed by atoms with Crippen molar-refractivity contribution < 1.29 is 24.2 Å². The van der Waals surface area contributed by atoms with E-state index in [1.54, 1.807) is 13.8 Å². The van der Waals surface area contributed by atoms with Crippen molar-refractivity contribution >= 4 is 17.7 Å². The largest absolute Gasteiger partial charge is 0.478 e. The van der Waals surface area contributed by atoms with E-state index in [0.717, 1.165) is 18.2 Å². The van der Waals surface area contributed by atoms with E-state index in [1.165, 1.54) is 11.9 Å². The number of urea groups is 1. The number of aliphatic hydroxyl groups is 1. The van der Waals surface area contributed by atoms with Crippen LogP contribution in [-0.2, 0) is 0 Å². The summed E-state index contributed by atoms with van der Waals surface area (Å²) < 4.78 is 13.6. The van der Waals surface area contributed by atoms with Gasteiger partial charge in [-0.25, -0.2) is 14.0 Å². The molecule has 20 heavy (non-hydrogen) atoms. The molecule has 7 heteroatoms. The van der Waals surface area contributed by atoms with Gasteiger partial charge < -0.3 is 20.4 Å². The number of hydrogen-bond acceptors (Lipinski definition) is 3. The second kappa shape index (κ2) is 5.87. The van der Waals surface area contributed by atoms with Crippen LogP contribution in [0.4, 0.5) is 14.9 Å². The van der Waals surface area contributed by atoms with Gasteiger partial charge in [-0.05, 0) is 32.0 Å². The van der Waals surface area contributed by atoms with Gasteiger partial charge in [-0.1, -0.05) is 0 Å². The number of nitrogens with zero attached hydrogens (tertiary/aromatic N) is 1. The summed E-state index contributed by atoms with van der Waals surface area (Å²) in [4.78, 5) is 24.0. The number of aliphatic hydroxyl groups excluding tert-OH is 1. The SMILES string of the molecule is CN(C(=O)Nc1cc(C(=O)O)ccc1F)C(C)(C)CO. The Morgan fingerprint density at radius 3 is 2.50 bits per heavy atom. The van der Waals surface area contributed by atoms with Crippen LogP contribution in [0.3, 0.4) is 0 Å². The molecule has 6 nitrogen and oxygen atoms in total. The number of amides is 2. The quantitative estimate of drug-likeness (QED) is 0.786. The molecule has 0 bridgehead atoms. The molecule has 0 spiro atoms. The fourth-order valence-electron chi connectivity index (χ4n) is 1.33. The molecular weight excluding hydrogens is 267 g/mol. The lowest BCUT2D eigenvalue weighted by Crippen LogP contribution is -2.49. The third kappa shape index (κ3) is 3.45. The lowest BCUT2D eigenvalue weighted by Gasteiger charge is -2.33. The highest BCUT2D eigenvalue weighted by molar-refractivity contribution is 5.93. The Balaban J connectivity index is 2.96. The molecule has 0 saturated carbocycles. The number of hydrogen-bond donors (Lipinski definition) is 3. The maximum Gasteiger partial charge on any atom is 0.335 e. The standard InChI is InChI=1S/C13H17FN2O4/c1-13(2,7-17)16(3)12(20)15-10-6-8(11(18)19)4-5-9(10)14/h4-6,17H,7H2,1-3H3,(H,15,20)(H,18,19). The summed E-state index contributed by atoms with van der Waals surface area (Å²) in [7, 11) is 1.45. The second-order valence-corrected chi connectivity index (χ2v) is 4.96. The molecule has 110 valence electrons. The molecule has 1 aromatic rings. The van der Waals surface area contributed by atoms with Gasteiger partial charge in [0.2, 0.25) is 0 Å². The predicted octanol–water partition coefficient (Wildman–Crippen LogP) is 1.76. The summed E-state index contributed by atoms with van der Waals surface area (Å²) in [6.45, 7) is 3.00. The summed E-state index contributed by atoms with van der Waals surface area (Å²) in [5.41, 5.74) is -1.19. The predicted molar refractivity (Wildman–Crippen MR) is 71.3 cm³/mol. The zero-order chi connectivity index (χ0) is 15.5. The van der Waals surface area contributed by atoms with Crippen LogP contribution in [0.1, 0.15) is 24.2 Å². The van der Waals surface area contributed by atoms with Gasteiger partial charge in [0.05, 0.1) is 23.4 Å². The zero-order valence-corrected chi connectivity index (χ0v) is 11.5. The summed E-state index contributed by atoms with van der Waals surface area (Å²) >= 11 is 0. The summed E-state index contributed by atoms with van der Waals surface area (Å²) in [6, 6.07) is 2.46. The molecule has 0 aliphatic heterocycles. The molecule has 2 amide bonds. The van der Waals surface area contributed by atoms with Gasteiger partial charge in [0, 0.05) is 7.05 Å². The number of benzene rings is 1. The van der Waals surface area contributed by atoms with Crippen LogP contribution >= 0.6 is 0 Å². The van der Waals surface area contributed by atoms with Gasteiger partial charge in [-0.2, -0.15) is 0 Å². The zero-order valence-electron chi connectivity index (χ0n) is 11.5. The lowest BCUT2D eigenvalue weighted by molar-refractivity contribution is 0.0696. The van der Waals surface area contributed by atoms with E-state index in [4.69, 9.17) is 5.11 Å². The minimum atomic E-state index is -1.22.